The molecule has 2 N–H and O–H groups in total. The van der Waals surface area contributed by atoms with Crippen molar-refractivity contribution in [2.75, 3.05) is 6.54 Å². The molecule has 1 saturated heterocycles. The van der Waals surface area contributed by atoms with Gasteiger partial charge in [-0.1, -0.05) is 33.1 Å². The fraction of sp³-hybridized carbons (Fsp3) is 1.00. The molecule has 0 aromatic carbocycles. The molecule has 1 saturated carbocycles. The zero-order valence-corrected chi connectivity index (χ0v) is 11.9. The van der Waals surface area contributed by atoms with E-state index in [4.69, 9.17) is 5.73 Å². The highest BCUT2D eigenvalue weighted by Gasteiger charge is 2.41. The zero-order valence-electron chi connectivity index (χ0n) is 11.9. The SMILES string of the molecule is CCC(C)(CC)N1CC2CCCCC2CC1N. The van der Waals surface area contributed by atoms with Crippen molar-refractivity contribution in [3.05, 3.63) is 0 Å². The normalized spacial score (nSPS) is 35.6. The van der Waals surface area contributed by atoms with E-state index in [0.29, 0.717) is 11.7 Å². The van der Waals surface area contributed by atoms with Gasteiger partial charge in [0.1, 0.15) is 0 Å². The van der Waals surface area contributed by atoms with E-state index in [0.717, 1.165) is 11.8 Å². The molecule has 2 heteroatoms. The van der Waals surface area contributed by atoms with Gasteiger partial charge in [0.15, 0.2) is 0 Å². The quantitative estimate of drug-likeness (QED) is 0.817. The highest BCUT2D eigenvalue weighted by Crippen LogP contribution is 2.40. The summed E-state index contributed by atoms with van der Waals surface area (Å²) in [5, 5.41) is 0. The fourth-order valence-corrected chi connectivity index (χ4v) is 3.94. The Balaban J connectivity index is 2.08. The van der Waals surface area contributed by atoms with Crippen LogP contribution in [0.5, 0.6) is 0 Å². The predicted molar refractivity (Wildman–Crippen MR) is 73.7 cm³/mol. The Morgan fingerprint density at radius 1 is 1.12 bits per heavy atom. The average Bonchev–Trinajstić information content (AvgIpc) is 2.37. The van der Waals surface area contributed by atoms with Crippen LogP contribution in [0.15, 0.2) is 0 Å². The van der Waals surface area contributed by atoms with Crippen LogP contribution in [0.25, 0.3) is 0 Å². The van der Waals surface area contributed by atoms with Crippen LogP contribution in [0.1, 0.15) is 65.7 Å². The van der Waals surface area contributed by atoms with E-state index < -0.39 is 0 Å². The lowest BCUT2D eigenvalue weighted by Crippen LogP contribution is -2.60. The number of hydrogen-bond acceptors (Lipinski definition) is 2. The van der Waals surface area contributed by atoms with E-state index in [9.17, 15) is 0 Å². The third kappa shape index (κ3) is 2.53. The Morgan fingerprint density at radius 2 is 1.71 bits per heavy atom. The van der Waals surface area contributed by atoms with Crippen molar-refractivity contribution in [2.45, 2.75) is 77.4 Å². The van der Waals surface area contributed by atoms with Crippen LogP contribution in [-0.2, 0) is 0 Å². The molecule has 0 aromatic heterocycles. The Labute approximate surface area is 107 Å². The number of hydrogen-bond donors (Lipinski definition) is 1. The second-order valence-electron chi connectivity index (χ2n) is 6.46. The summed E-state index contributed by atoms with van der Waals surface area (Å²) in [6, 6.07) is 0. The zero-order chi connectivity index (χ0) is 12.5. The molecule has 0 radical (unpaired) electrons. The molecule has 17 heavy (non-hydrogen) atoms. The molecule has 0 amide bonds. The number of fused-ring (bicyclic) bond motifs is 1. The van der Waals surface area contributed by atoms with E-state index in [1.807, 2.05) is 0 Å². The molecule has 1 aliphatic carbocycles. The van der Waals surface area contributed by atoms with Gasteiger partial charge in [-0.25, -0.2) is 0 Å². The van der Waals surface area contributed by atoms with Gasteiger partial charge < -0.3 is 5.73 Å². The van der Waals surface area contributed by atoms with Crippen LogP contribution in [0.3, 0.4) is 0 Å². The molecule has 2 fully saturated rings. The molecule has 2 aliphatic rings. The Kier molecular flexibility index (Phi) is 4.14. The van der Waals surface area contributed by atoms with Gasteiger partial charge in [0.25, 0.3) is 0 Å². The van der Waals surface area contributed by atoms with E-state index in [1.165, 1.54) is 51.5 Å². The summed E-state index contributed by atoms with van der Waals surface area (Å²) >= 11 is 0. The first-order valence-electron chi connectivity index (χ1n) is 7.63. The van der Waals surface area contributed by atoms with Crippen LogP contribution in [0, 0.1) is 11.8 Å². The van der Waals surface area contributed by atoms with Gasteiger partial charge >= 0.3 is 0 Å². The van der Waals surface area contributed by atoms with Gasteiger partial charge in [-0.3, -0.25) is 4.90 Å². The van der Waals surface area contributed by atoms with Crippen LogP contribution in [0.4, 0.5) is 0 Å². The van der Waals surface area contributed by atoms with Crippen LogP contribution in [-0.4, -0.2) is 23.1 Å². The van der Waals surface area contributed by atoms with E-state index >= 15 is 0 Å². The Morgan fingerprint density at radius 3 is 2.29 bits per heavy atom. The van der Waals surface area contributed by atoms with Crippen molar-refractivity contribution >= 4 is 0 Å². The largest absolute Gasteiger partial charge is 0.316 e. The molecule has 3 unspecified atom stereocenters. The third-order valence-corrected chi connectivity index (χ3v) is 5.66. The summed E-state index contributed by atoms with van der Waals surface area (Å²) < 4.78 is 0. The van der Waals surface area contributed by atoms with Gasteiger partial charge in [0.05, 0.1) is 6.17 Å². The van der Waals surface area contributed by atoms with Crippen LogP contribution >= 0.6 is 0 Å². The lowest BCUT2D eigenvalue weighted by Gasteiger charge is -2.52. The van der Waals surface area contributed by atoms with E-state index in [-0.39, 0.29) is 0 Å². The molecule has 2 nitrogen and oxygen atoms in total. The monoisotopic (exact) mass is 238 g/mol. The number of rotatable bonds is 3. The first kappa shape index (κ1) is 13.4. The summed E-state index contributed by atoms with van der Waals surface area (Å²) in [5.74, 6) is 1.86. The van der Waals surface area contributed by atoms with Crippen molar-refractivity contribution in [2.24, 2.45) is 17.6 Å². The molecule has 100 valence electrons. The molecular formula is C15H30N2. The molecular weight excluding hydrogens is 208 g/mol. The fourth-order valence-electron chi connectivity index (χ4n) is 3.94. The molecule has 3 atom stereocenters. The number of likely N-dealkylation sites (tertiary alicyclic amines) is 1. The molecule has 0 spiro atoms. The average molecular weight is 238 g/mol. The standard InChI is InChI=1S/C15H30N2/c1-4-15(3,5-2)17-11-13-9-7-6-8-12(13)10-14(17)16/h12-14H,4-11,16H2,1-3H3. The van der Waals surface area contributed by atoms with Crippen molar-refractivity contribution in [3.8, 4) is 0 Å². The minimum atomic E-state index is 0.305. The Hall–Kier alpha value is -0.0800. The third-order valence-electron chi connectivity index (χ3n) is 5.66. The first-order chi connectivity index (χ1) is 8.10. The second kappa shape index (κ2) is 5.27. The van der Waals surface area contributed by atoms with Crippen molar-refractivity contribution in [1.29, 1.82) is 0 Å². The van der Waals surface area contributed by atoms with Gasteiger partial charge in [0.2, 0.25) is 0 Å². The lowest BCUT2D eigenvalue weighted by atomic mass is 9.72. The van der Waals surface area contributed by atoms with E-state index in [2.05, 4.69) is 25.7 Å². The maximum atomic E-state index is 6.45. The van der Waals surface area contributed by atoms with Crippen molar-refractivity contribution in [3.63, 3.8) is 0 Å². The molecule has 2 rings (SSSR count). The van der Waals surface area contributed by atoms with Crippen molar-refractivity contribution < 1.29 is 0 Å². The van der Waals surface area contributed by atoms with Gasteiger partial charge in [0, 0.05) is 12.1 Å². The van der Waals surface area contributed by atoms with Crippen LogP contribution in [0.2, 0.25) is 0 Å². The Bertz CT molecular complexity index is 247. The van der Waals surface area contributed by atoms with Crippen molar-refractivity contribution in [1.82, 2.24) is 4.90 Å². The second-order valence-corrected chi connectivity index (χ2v) is 6.46. The van der Waals surface area contributed by atoms with Gasteiger partial charge in [-0.15, -0.1) is 0 Å². The van der Waals surface area contributed by atoms with Gasteiger partial charge in [-0.2, -0.15) is 0 Å². The summed E-state index contributed by atoms with van der Waals surface area (Å²) in [4.78, 5) is 2.62. The van der Waals surface area contributed by atoms with E-state index in [1.54, 1.807) is 0 Å². The highest BCUT2D eigenvalue weighted by molar-refractivity contribution is 4.94. The van der Waals surface area contributed by atoms with Gasteiger partial charge in [-0.05, 0) is 44.4 Å². The number of piperidine rings is 1. The summed E-state index contributed by atoms with van der Waals surface area (Å²) in [7, 11) is 0. The predicted octanol–water partition coefficient (Wildman–Crippen LogP) is 3.36. The first-order valence-corrected chi connectivity index (χ1v) is 7.63. The van der Waals surface area contributed by atoms with Crippen LogP contribution < -0.4 is 5.73 Å². The summed E-state index contributed by atoms with van der Waals surface area (Å²) in [6.07, 6.45) is 9.73. The molecule has 1 aliphatic heterocycles. The summed E-state index contributed by atoms with van der Waals surface area (Å²) in [6.45, 7) is 8.27. The minimum absolute atomic E-state index is 0.305. The topological polar surface area (TPSA) is 29.3 Å². The highest BCUT2D eigenvalue weighted by atomic mass is 15.3. The minimum Gasteiger partial charge on any atom is -0.316 e. The molecule has 0 bridgehead atoms. The maximum Gasteiger partial charge on any atom is 0.0579 e. The molecule has 1 heterocycles. The maximum absolute atomic E-state index is 6.45. The number of nitrogens with two attached hydrogens (primary N) is 1. The molecule has 0 aromatic rings. The summed E-state index contributed by atoms with van der Waals surface area (Å²) in [5.41, 5.74) is 6.77. The smallest absolute Gasteiger partial charge is 0.0579 e. The number of nitrogens with zero attached hydrogens (tertiary/aromatic N) is 1. The lowest BCUT2D eigenvalue weighted by molar-refractivity contribution is -0.0336.